The highest BCUT2D eigenvalue weighted by Gasteiger charge is 2.22. The molecule has 2 aromatic rings. The lowest BCUT2D eigenvalue weighted by molar-refractivity contribution is 0.393. The van der Waals surface area contributed by atoms with Gasteiger partial charge in [-0.3, -0.25) is 0 Å². The minimum absolute atomic E-state index is 0.451. The van der Waals surface area contributed by atoms with E-state index in [2.05, 4.69) is 66.8 Å². The third kappa shape index (κ3) is 2.78. The van der Waals surface area contributed by atoms with Gasteiger partial charge in [-0.2, -0.15) is 0 Å². The van der Waals surface area contributed by atoms with Crippen molar-refractivity contribution in [2.24, 2.45) is 0 Å². The van der Waals surface area contributed by atoms with Crippen molar-refractivity contribution in [2.45, 2.75) is 44.7 Å². The van der Waals surface area contributed by atoms with E-state index >= 15 is 0 Å². The van der Waals surface area contributed by atoms with Crippen molar-refractivity contribution in [1.29, 1.82) is 0 Å². The Morgan fingerprint density at radius 3 is 2.60 bits per heavy atom. The summed E-state index contributed by atoms with van der Waals surface area (Å²) in [4.78, 5) is 0. The monoisotopic (exact) mass is 265 g/mol. The third-order valence-corrected chi connectivity index (χ3v) is 4.38. The van der Waals surface area contributed by atoms with Crippen LogP contribution in [0, 0.1) is 0 Å². The number of rotatable bonds is 4. The van der Waals surface area contributed by atoms with Gasteiger partial charge in [0.1, 0.15) is 0 Å². The lowest BCUT2D eigenvalue weighted by Gasteiger charge is -2.30. The van der Waals surface area contributed by atoms with Crippen LogP contribution in [0.2, 0.25) is 0 Å². The molecule has 1 nitrogen and oxygen atoms in total. The zero-order valence-electron chi connectivity index (χ0n) is 12.2. The summed E-state index contributed by atoms with van der Waals surface area (Å²) in [6, 6.07) is 20.7. The Bertz CT molecular complexity index is 547. The van der Waals surface area contributed by atoms with Crippen molar-refractivity contribution in [3.63, 3.8) is 0 Å². The Labute approximate surface area is 122 Å². The molecule has 20 heavy (non-hydrogen) atoms. The average Bonchev–Trinajstić information content (AvgIpc) is 2.53. The third-order valence-electron chi connectivity index (χ3n) is 4.38. The SMILES string of the molecule is CCC(NC1CCCc2ccccc21)c1ccccc1. The molecule has 0 aliphatic heterocycles. The van der Waals surface area contributed by atoms with Gasteiger partial charge in [0.15, 0.2) is 0 Å². The van der Waals surface area contributed by atoms with E-state index in [1.165, 1.54) is 36.0 Å². The molecule has 0 aromatic heterocycles. The minimum atomic E-state index is 0.451. The van der Waals surface area contributed by atoms with Crippen LogP contribution >= 0.6 is 0 Å². The van der Waals surface area contributed by atoms with Crippen LogP contribution in [0.25, 0.3) is 0 Å². The number of aryl methyl sites for hydroxylation is 1. The molecule has 0 fully saturated rings. The number of hydrogen-bond acceptors (Lipinski definition) is 1. The van der Waals surface area contributed by atoms with E-state index in [4.69, 9.17) is 0 Å². The van der Waals surface area contributed by atoms with Crippen molar-refractivity contribution < 1.29 is 0 Å². The van der Waals surface area contributed by atoms with Gasteiger partial charge >= 0.3 is 0 Å². The fourth-order valence-electron chi connectivity index (χ4n) is 3.31. The second-order valence-corrected chi connectivity index (χ2v) is 5.68. The summed E-state index contributed by atoms with van der Waals surface area (Å²) in [5.41, 5.74) is 4.44. The molecule has 0 bridgehead atoms. The molecule has 1 aliphatic rings. The van der Waals surface area contributed by atoms with Crippen LogP contribution in [0.4, 0.5) is 0 Å². The van der Waals surface area contributed by atoms with E-state index in [9.17, 15) is 0 Å². The van der Waals surface area contributed by atoms with Crippen LogP contribution in [0.1, 0.15) is 55.0 Å². The lowest BCUT2D eigenvalue weighted by Crippen LogP contribution is -2.29. The van der Waals surface area contributed by atoms with Gasteiger partial charge in [-0.1, -0.05) is 61.5 Å². The lowest BCUT2D eigenvalue weighted by atomic mass is 9.87. The van der Waals surface area contributed by atoms with Gasteiger partial charge in [0.05, 0.1) is 0 Å². The van der Waals surface area contributed by atoms with Gasteiger partial charge in [0, 0.05) is 12.1 Å². The summed E-state index contributed by atoms with van der Waals surface area (Å²) < 4.78 is 0. The zero-order valence-corrected chi connectivity index (χ0v) is 12.2. The van der Waals surface area contributed by atoms with Gasteiger partial charge in [-0.25, -0.2) is 0 Å². The predicted molar refractivity (Wildman–Crippen MR) is 84.7 cm³/mol. The van der Waals surface area contributed by atoms with Crippen LogP contribution in [0.3, 0.4) is 0 Å². The van der Waals surface area contributed by atoms with Crippen molar-refractivity contribution in [3.05, 3.63) is 71.3 Å². The normalized spacial score (nSPS) is 19.4. The maximum atomic E-state index is 3.88. The Hall–Kier alpha value is -1.60. The highest BCUT2D eigenvalue weighted by Crippen LogP contribution is 2.32. The Balaban J connectivity index is 1.81. The number of benzene rings is 2. The van der Waals surface area contributed by atoms with E-state index < -0.39 is 0 Å². The van der Waals surface area contributed by atoms with Crippen molar-refractivity contribution in [2.75, 3.05) is 0 Å². The molecule has 0 saturated heterocycles. The summed E-state index contributed by atoms with van der Waals surface area (Å²) in [5.74, 6) is 0. The quantitative estimate of drug-likeness (QED) is 0.837. The summed E-state index contributed by atoms with van der Waals surface area (Å²) >= 11 is 0. The molecule has 1 heteroatoms. The summed E-state index contributed by atoms with van der Waals surface area (Å²) in [6.45, 7) is 2.26. The molecular formula is C19H23N. The second kappa shape index (κ2) is 6.23. The first-order chi connectivity index (χ1) is 9.88. The van der Waals surface area contributed by atoms with Gasteiger partial charge in [0.2, 0.25) is 0 Å². The largest absolute Gasteiger partial charge is 0.303 e. The van der Waals surface area contributed by atoms with Gasteiger partial charge in [0.25, 0.3) is 0 Å². The standard InChI is InChI=1S/C19H23N/c1-2-18(16-10-4-3-5-11-16)20-19-14-8-12-15-9-6-7-13-17(15)19/h3-7,9-11,13,18-20H,2,8,12,14H2,1H3. The Morgan fingerprint density at radius 1 is 1.05 bits per heavy atom. The highest BCUT2D eigenvalue weighted by atomic mass is 15.0. The first-order valence-corrected chi connectivity index (χ1v) is 7.77. The molecule has 1 aliphatic carbocycles. The summed E-state index contributed by atoms with van der Waals surface area (Å²) in [5, 5.41) is 3.88. The molecular weight excluding hydrogens is 242 g/mol. The van der Waals surface area contributed by atoms with Crippen LogP contribution < -0.4 is 5.32 Å². The minimum Gasteiger partial charge on any atom is -0.303 e. The Kier molecular flexibility index (Phi) is 4.17. The van der Waals surface area contributed by atoms with Gasteiger partial charge < -0.3 is 5.32 Å². The molecule has 0 amide bonds. The summed E-state index contributed by atoms with van der Waals surface area (Å²) in [6.07, 6.45) is 4.90. The Morgan fingerprint density at radius 2 is 1.80 bits per heavy atom. The molecule has 0 saturated carbocycles. The zero-order chi connectivity index (χ0) is 13.8. The maximum absolute atomic E-state index is 3.88. The smallest absolute Gasteiger partial charge is 0.0328 e. The van der Waals surface area contributed by atoms with E-state index in [1.807, 2.05) is 0 Å². The van der Waals surface area contributed by atoms with Crippen LogP contribution in [-0.4, -0.2) is 0 Å². The van der Waals surface area contributed by atoms with E-state index in [0.717, 1.165) is 6.42 Å². The van der Waals surface area contributed by atoms with Gasteiger partial charge in [-0.15, -0.1) is 0 Å². The van der Waals surface area contributed by atoms with Crippen molar-refractivity contribution in [3.8, 4) is 0 Å². The number of fused-ring (bicyclic) bond motifs is 1. The molecule has 0 heterocycles. The molecule has 2 unspecified atom stereocenters. The first-order valence-electron chi connectivity index (χ1n) is 7.77. The van der Waals surface area contributed by atoms with Crippen LogP contribution in [0.15, 0.2) is 54.6 Å². The predicted octanol–water partition coefficient (Wildman–Crippen LogP) is 4.80. The molecule has 1 N–H and O–H groups in total. The number of hydrogen-bond donors (Lipinski definition) is 1. The first kappa shape index (κ1) is 13.4. The number of nitrogens with one attached hydrogen (secondary N) is 1. The van der Waals surface area contributed by atoms with Crippen LogP contribution in [0.5, 0.6) is 0 Å². The van der Waals surface area contributed by atoms with Crippen molar-refractivity contribution in [1.82, 2.24) is 5.32 Å². The molecule has 2 atom stereocenters. The van der Waals surface area contributed by atoms with E-state index in [-0.39, 0.29) is 0 Å². The fraction of sp³-hybridized carbons (Fsp3) is 0.368. The van der Waals surface area contributed by atoms with Crippen molar-refractivity contribution >= 4 is 0 Å². The second-order valence-electron chi connectivity index (χ2n) is 5.68. The maximum Gasteiger partial charge on any atom is 0.0328 e. The van der Waals surface area contributed by atoms with E-state index in [0.29, 0.717) is 12.1 Å². The van der Waals surface area contributed by atoms with Gasteiger partial charge in [-0.05, 0) is 42.4 Å². The topological polar surface area (TPSA) is 12.0 Å². The fourth-order valence-corrected chi connectivity index (χ4v) is 3.31. The highest BCUT2D eigenvalue weighted by molar-refractivity contribution is 5.32. The molecule has 3 rings (SSSR count). The molecule has 0 radical (unpaired) electrons. The van der Waals surface area contributed by atoms with E-state index in [1.54, 1.807) is 0 Å². The summed E-state index contributed by atoms with van der Waals surface area (Å²) in [7, 11) is 0. The molecule has 2 aromatic carbocycles. The molecule has 0 spiro atoms. The van der Waals surface area contributed by atoms with Crippen LogP contribution in [-0.2, 0) is 6.42 Å². The average molecular weight is 265 g/mol. The molecule has 104 valence electrons.